The lowest BCUT2D eigenvalue weighted by Gasteiger charge is -2.49. The number of furan rings is 1. The van der Waals surface area contributed by atoms with E-state index in [0.29, 0.717) is 11.0 Å². The molecule has 2 aromatic rings. The van der Waals surface area contributed by atoms with Crippen molar-refractivity contribution in [3.63, 3.8) is 0 Å². The van der Waals surface area contributed by atoms with Gasteiger partial charge in [0.25, 0.3) is 5.91 Å². The zero-order chi connectivity index (χ0) is 19.6. The van der Waals surface area contributed by atoms with E-state index in [0.717, 1.165) is 0 Å². The normalized spacial score (nSPS) is 22.8. The van der Waals surface area contributed by atoms with E-state index in [1.807, 2.05) is 0 Å². The smallest absolute Gasteiger partial charge is 0.289 e. The van der Waals surface area contributed by atoms with Crippen molar-refractivity contribution in [2.75, 3.05) is 32.9 Å². The number of carbonyl (C=O) groups excluding carboxylic acids is 2. The number of carbonyl (C=O) groups is 2. The van der Waals surface area contributed by atoms with Crippen LogP contribution in [0.2, 0.25) is 0 Å². The maximum atomic E-state index is 13.3. The van der Waals surface area contributed by atoms with Gasteiger partial charge in [-0.25, -0.2) is 12.8 Å². The van der Waals surface area contributed by atoms with Gasteiger partial charge in [0.2, 0.25) is 5.91 Å². The summed E-state index contributed by atoms with van der Waals surface area (Å²) in [6.45, 7) is -0.0758. The molecular weight excluding hydrogens is 375 g/mol. The largest absolute Gasteiger partial charge is 0.451 e. The average Bonchev–Trinajstić information content (AvgIpc) is 3.09. The number of amides is 2. The minimum absolute atomic E-state index is 0.0244. The lowest BCUT2D eigenvalue weighted by molar-refractivity contribution is -0.135. The molecule has 1 aromatic heterocycles. The summed E-state index contributed by atoms with van der Waals surface area (Å²) in [5.41, 5.74) is 0.379. The van der Waals surface area contributed by atoms with Gasteiger partial charge in [-0.3, -0.25) is 9.59 Å². The molecule has 2 amide bonds. The van der Waals surface area contributed by atoms with Gasteiger partial charge >= 0.3 is 0 Å². The molecule has 1 unspecified atom stereocenters. The van der Waals surface area contributed by atoms with E-state index in [1.54, 1.807) is 14.1 Å². The van der Waals surface area contributed by atoms with Crippen LogP contribution in [0.1, 0.15) is 17.0 Å². The highest BCUT2D eigenvalue weighted by atomic mass is 32.2. The summed E-state index contributed by atoms with van der Waals surface area (Å²) < 4.78 is 42.8. The molecule has 0 N–H and O–H groups in total. The molecule has 4 rings (SSSR count). The van der Waals surface area contributed by atoms with Crippen molar-refractivity contribution in [1.29, 1.82) is 0 Å². The number of benzene rings is 1. The Bertz CT molecular complexity index is 1050. The van der Waals surface area contributed by atoms with Crippen molar-refractivity contribution in [2.24, 2.45) is 5.92 Å². The van der Waals surface area contributed by atoms with E-state index in [2.05, 4.69) is 0 Å². The fourth-order valence-electron chi connectivity index (χ4n) is 4.05. The molecular formula is C18H19FN2O5S. The summed E-state index contributed by atoms with van der Waals surface area (Å²) in [7, 11) is -0.291. The number of nitrogens with zero attached hydrogens (tertiary/aromatic N) is 2. The summed E-state index contributed by atoms with van der Waals surface area (Å²) in [4.78, 5) is 27.9. The quantitative estimate of drug-likeness (QED) is 0.766. The predicted molar refractivity (Wildman–Crippen MR) is 95.4 cm³/mol. The number of hydrogen-bond acceptors (Lipinski definition) is 5. The summed E-state index contributed by atoms with van der Waals surface area (Å²) in [6.07, 6.45) is 0.269. The number of sulfone groups is 1. The van der Waals surface area contributed by atoms with E-state index in [-0.39, 0.29) is 36.9 Å². The van der Waals surface area contributed by atoms with Gasteiger partial charge in [0.1, 0.15) is 16.1 Å². The van der Waals surface area contributed by atoms with Crippen LogP contribution >= 0.6 is 0 Å². The molecule has 2 saturated heterocycles. The fraction of sp³-hybridized carbons (Fsp3) is 0.444. The first-order valence-corrected chi connectivity index (χ1v) is 10.2. The van der Waals surface area contributed by atoms with Gasteiger partial charge < -0.3 is 14.2 Å². The monoisotopic (exact) mass is 394 g/mol. The third-order valence-electron chi connectivity index (χ3n) is 5.56. The standard InChI is InChI=1S/C18H19FN2O5S/c1-20(2)16(22)13-5-6-27(24,25)18(13)9-21(10-18)17(23)15-8-11-7-12(19)3-4-14(11)26-15/h3-4,7-8,13H,5-6,9-10H2,1-2H3. The first-order valence-electron chi connectivity index (χ1n) is 8.56. The van der Waals surface area contributed by atoms with Crippen LogP contribution in [0.5, 0.6) is 0 Å². The number of likely N-dealkylation sites (tertiary alicyclic amines) is 1. The maximum Gasteiger partial charge on any atom is 0.289 e. The first-order chi connectivity index (χ1) is 12.6. The van der Waals surface area contributed by atoms with E-state index in [9.17, 15) is 22.4 Å². The summed E-state index contributed by atoms with van der Waals surface area (Å²) in [6, 6.07) is 5.38. The highest BCUT2D eigenvalue weighted by Gasteiger charge is 2.65. The van der Waals surface area contributed by atoms with E-state index in [1.165, 1.54) is 34.1 Å². The lowest BCUT2D eigenvalue weighted by Crippen LogP contribution is -2.69. The molecule has 0 saturated carbocycles. The average molecular weight is 394 g/mol. The van der Waals surface area contributed by atoms with Crippen LogP contribution in [0.25, 0.3) is 11.0 Å². The van der Waals surface area contributed by atoms with Crippen LogP contribution in [0.15, 0.2) is 28.7 Å². The zero-order valence-electron chi connectivity index (χ0n) is 14.9. The zero-order valence-corrected chi connectivity index (χ0v) is 15.8. The minimum atomic E-state index is -3.48. The molecule has 7 nitrogen and oxygen atoms in total. The van der Waals surface area contributed by atoms with Crippen molar-refractivity contribution in [3.05, 3.63) is 35.8 Å². The number of halogens is 1. The van der Waals surface area contributed by atoms with Crippen LogP contribution in [0.3, 0.4) is 0 Å². The molecule has 2 fully saturated rings. The van der Waals surface area contributed by atoms with E-state index in [4.69, 9.17) is 4.42 Å². The highest BCUT2D eigenvalue weighted by Crippen LogP contribution is 2.45. The summed E-state index contributed by atoms with van der Waals surface area (Å²) in [5.74, 6) is -1.81. The maximum absolute atomic E-state index is 13.3. The Morgan fingerprint density at radius 1 is 1.26 bits per heavy atom. The Labute approximate surface area is 155 Å². The second kappa shape index (κ2) is 5.79. The van der Waals surface area contributed by atoms with Gasteiger partial charge in [-0.05, 0) is 30.7 Å². The van der Waals surface area contributed by atoms with Crippen molar-refractivity contribution < 1.29 is 26.8 Å². The lowest BCUT2D eigenvalue weighted by atomic mass is 9.82. The van der Waals surface area contributed by atoms with Gasteiger partial charge in [0, 0.05) is 32.6 Å². The molecule has 3 heterocycles. The number of rotatable bonds is 2. The predicted octanol–water partition coefficient (Wildman–Crippen LogP) is 1.29. The van der Waals surface area contributed by atoms with E-state index >= 15 is 0 Å². The number of fused-ring (bicyclic) bond motifs is 1. The van der Waals surface area contributed by atoms with Crippen molar-refractivity contribution in [3.8, 4) is 0 Å². The Hall–Kier alpha value is -2.42. The first kappa shape index (κ1) is 18.0. The van der Waals surface area contributed by atoms with Gasteiger partial charge in [-0.15, -0.1) is 0 Å². The van der Waals surface area contributed by atoms with Gasteiger partial charge in [0.15, 0.2) is 15.6 Å². The van der Waals surface area contributed by atoms with Gasteiger partial charge in [-0.1, -0.05) is 0 Å². The second-order valence-corrected chi connectivity index (χ2v) is 9.86. The molecule has 0 radical (unpaired) electrons. The molecule has 1 aromatic carbocycles. The fourth-order valence-corrected chi connectivity index (χ4v) is 6.36. The molecule has 9 heteroatoms. The number of hydrogen-bond donors (Lipinski definition) is 0. The third-order valence-corrected chi connectivity index (χ3v) is 8.12. The third kappa shape index (κ3) is 2.55. The van der Waals surface area contributed by atoms with E-state index < -0.39 is 32.2 Å². The molecule has 0 bridgehead atoms. The Kier molecular flexibility index (Phi) is 3.85. The molecule has 144 valence electrons. The molecule has 27 heavy (non-hydrogen) atoms. The highest BCUT2D eigenvalue weighted by molar-refractivity contribution is 7.93. The van der Waals surface area contributed by atoms with Gasteiger partial charge in [0.05, 0.1) is 11.7 Å². The van der Waals surface area contributed by atoms with Crippen LogP contribution < -0.4 is 0 Å². The Morgan fingerprint density at radius 2 is 1.96 bits per heavy atom. The molecule has 0 aliphatic carbocycles. The van der Waals surface area contributed by atoms with Crippen molar-refractivity contribution in [2.45, 2.75) is 11.2 Å². The van der Waals surface area contributed by atoms with Crippen LogP contribution in [0, 0.1) is 11.7 Å². The molecule has 1 atom stereocenters. The Morgan fingerprint density at radius 3 is 2.63 bits per heavy atom. The SMILES string of the molecule is CN(C)C(=O)C1CCS(=O)(=O)C12CN(C(=O)c1cc3cc(F)ccc3o1)C2. The van der Waals surface area contributed by atoms with Crippen LogP contribution in [0.4, 0.5) is 4.39 Å². The summed E-state index contributed by atoms with van der Waals surface area (Å²) >= 11 is 0. The Balaban J connectivity index is 1.59. The second-order valence-electron chi connectivity index (χ2n) is 7.41. The topological polar surface area (TPSA) is 87.9 Å². The molecule has 2 aliphatic rings. The summed E-state index contributed by atoms with van der Waals surface area (Å²) in [5, 5.41) is 0.461. The van der Waals surface area contributed by atoms with Crippen molar-refractivity contribution >= 4 is 32.6 Å². The van der Waals surface area contributed by atoms with Crippen LogP contribution in [-0.4, -0.2) is 67.7 Å². The van der Waals surface area contributed by atoms with Crippen molar-refractivity contribution in [1.82, 2.24) is 9.80 Å². The molecule has 1 spiro atoms. The van der Waals surface area contributed by atoms with Crippen LogP contribution in [-0.2, 0) is 14.6 Å². The van der Waals surface area contributed by atoms with Gasteiger partial charge in [-0.2, -0.15) is 0 Å². The molecule has 2 aliphatic heterocycles. The minimum Gasteiger partial charge on any atom is -0.451 e.